The molecule has 3 N–H and O–H groups in total. The molecule has 196 valence electrons. The van der Waals surface area contributed by atoms with Crippen molar-refractivity contribution >= 4 is 23.4 Å². The minimum absolute atomic E-state index is 0.0264. The number of benzene rings is 2. The molecule has 0 radical (unpaired) electrons. The second kappa shape index (κ2) is 10.1. The summed E-state index contributed by atoms with van der Waals surface area (Å²) in [5.74, 6) is -1.68. The van der Waals surface area contributed by atoms with E-state index in [9.17, 15) is 23.1 Å². The maximum atomic E-state index is 13.1. The maximum Gasteiger partial charge on any atom is 0.470 e. The number of carbonyl (C=O) groups is 1. The summed E-state index contributed by atoms with van der Waals surface area (Å²) < 4.78 is 44.1. The van der Waals surface area contributed by atoms with Gasteiger partial charge < -0.3 is 25.1 Å². The molecular formula is C25H22F3N7O3. The number of fused-ring (bicyclic) bond motifs is 1. The van der Waals surface area contributed by atoms with Gasteiger partial charge in [-0.15, -0.1) is 10.2 Å². The van der Waals surface area contributed by atoms with Crippen LogP contribution in [0.4, 0.5) is 30.6 Å². The molecule has 1 atom stereocenters. The Labute approximate surface area is 214 Å². The quantitative estimate of drug-likeness (QED) is 0.328. The molecule has 5 rings (SSSR count). The Bertz CT molecular complexity index is 1460. The fourth-order valence-corrected chi connectivity index (χ4v) is 4.03. The van der Waals surface area contributed by atoms with Gasteiger partial charge in [-0.25, -0.2) is 4.98 Å². The van der Waals surface area contributed by atoms with Crippen molar-refractivity contribution in [3.05, 3.63) is 77.3 Å². The lowest BCUT2D eigenvalue weighted by molar-refractivity contribution is -0.157. The number of alkyl halides is 3. The predicted molar refractivity (Wildman–Crippen MR) is 130 cm³/mol. The van der Waals surface area contributed by atoms with E-state index in [0.717, 1.165) is 16.7 Å². The topological polar surface area (TPSA) is 129 Å². The lowest BCUT2D eigenvalue weighted by atomic mass is 9.99. The van der Waals surface area contributed by atoms with Gasteiger partial charge in [0.1, 0.15) is 5.82 Å². The average molecular weight is 525 g/mol. The summed E-state index contributed by atoms with van der Waals surface area (Å²) in [6.07, 6.45) is -3.24. The third kappa shape index (κ3) is 5.27. The number of nitrogens with one attached hydrogen (secondary N) is 2. The molecule has 0 fully saturated rings. The van der Waals surface area contributed by atoms with E-state index < -0.39 is 24.0 Å². The van der Waals surface area contributed by atoms with Crippen LogP contribution in [0.15, 0.2) is 59.1 Å². The largest absolute Gasteiger partial charge is 0.470 e. The first-order valence-corrected chi connectivity index (χ1v) is 11.5. The van der Waals surface area contributed by atoms with E-state index in [1.165, 1.54) is 6.20 Å². The first kappa shape index (κ1) is 25.1. The highest BCUT2D eigenvalue weighted by Gasteiger charge is 2.38. The van der Waals surface area contributed by atoms with Gasteiger partial charge in [-0.05, 0) is 28.8 Å². The van der Waals surface area contributed by atoms with Crippen molar-refractivity contribution in [3.63, 3.8) is 0 Å². The van der Waals surface area contributed by atoms with E-state index in [0.29, 0.717) is 18.7 Å². The van der Waals surface area contributed by atoms with Crippen LogP contribution in [0.2, 0.25) is 0 Å². The van der Waals surface area contributed by atoms with Crippen molar-refractivity contribution in [2.45, 2.75) is 25.2 Å². The Morgan fingerprint density at radius 2 is 1.92 bits per heavy atom. The predicted octanol–water partition coefficient (Wildman–Crippen LogP) is 3.95. The first-order chi connectivity index (χ1) is 18.2. The molecule has 38 heavy (non-hydrogen) atoms. The van der Waals surface area contributed by atoms with Gasteiger partial charge in [0.2, 0.25) is 11.9 Å². The summed E-state index contributed by atoms with van der Waals surface area (Å²) in [5, 5.41) is 22.8. The number of likely N-dealkylation sites (N-methyl/N-ethyl adjacent to an activating group) is 1. The normalized spacial score (nSPS) is 14.2. The fourth-order valence-electron chi connectivity index (χ4n) is 4.03. The van der Waals surface area contributed by atoms with E-state index in [-0.39, 0.29) is 29.8 Å². The van der Waals surface area contributed by atoms with Crippen LogP contribution in [-0.4, -0.2) is 49.7 Å². The molecule has 2 aromatic carbocycles. The number of aliphatic hydroxyl groups excluding tert-OH is 1. The summed E-state index contributed by atoms with van der Waals surface area (Å²) >= 11 is 0. The fraction of sp³-hybridized carbons (Fsp3) is 0.240. The standard InChI is InChI=1S/C25H22F3N7O3/c1-35-12-16-9-17(8-7-15(16)10-20(35)37)30-24-29-11-18(22-33-34-23(38-22)25(26,27)28)21(32-24)31-19(13-36)14-5-3-2-4-6-14/h2-9,11,19,36H,10,12-13H2,1H3,(H2,29,30,31,32)/t19-/m1/s1. The highest BCUT2D eigenvalue weighted by atomic mass is 19.4. The van der Waals surface area contributed by atoms with Crippen molar-refractivity contribution in [3.8, 4) is 11.5 Å². The smallest absolute Gasteiger partial charge is 0.412 e. The number of hydrogen-bond donors (Lipinski definition) is 3. The zero-order chi connectivity index (χ0) is 26.9. The molecule has 1 amide bonds. The van der Waals surface area contributed by atoms with Gasteiger partial charge in [-0.1, -0.05) is 36.4 Å². The van der Waals surface area contributed by atoms with Gasteiger partial charge in [0, 0.05) is 25.5 Å². The number of carbonyl (C=O) groups excluding carboxylic acids is 1. The SMILES string of the molecule is CN1Cc2cc(Nc3ncc(-c4nnc(C(F)(F)F)o4)c(N[C@H](CO)c4ccccc4)n3)ccc2CC1=O. The van der Waals surface area contributed by atoms with Gasteiger partial charge >= 0.3 is 12.1 Å². The number of aromatic nitrogens is 4. The Kier molecular flexibility index (Phi) is 6.68. The van der Waals surface area contributed by atoms with Crippen LogP contribution in [0.25, 0.3) is 11.5 Å². The molecule has 1 aliphatic rings. The highest BCUT2D eigenvalue weighted by molar-refractivity contribution is 5.81. The number of anilines is 3. The number of amides is 1. The Balaban J connectivity index is 1.49. The molecule has 0 saturated heterocycles. The summed E-state index contributed by atoms with van der Waals surface area (Å²) in [6, 6.07) is 13.9. The first-order valence-electron chi connectivity index (χ1n) is 11.5. The second-order valence-electron chi connectivity index (χ2n) is 8.69. The van der Waals surface area contributed by atoms with Crippen LogP contribution < -0.4 is 10.6 Å². The zero-order valence-corrected chi connectivity index (χ0v) is 20.0. The number of hydrogen-bond acceptors (Lipinski definition) is 9. The summed E-state index contributed by atoms with van der Waals surface area (Å²) in [4.78, 5) is 22.3. The number of aliphatic hydroxyl groups is 1. The Morgan fingerprint density at radius 3 is 2.63 bits per heavy atom. The van der Waals surface area contributed by atoms with Gasteiger partial charge in [-0.2, -0.15) is 18.2 Å². The molecule has 13 heteroatoms. The van der Waals surface area contributed by atoms with Crippen molar-refractivity contribution in [2.24, 2.45) is 0 Å². The molecule has 0 spiro atoms. The van der Waals surface area contributed by atoms with Gasteiger partial charge in [0.05, 0.1) is 24.6 Å². The van der Waals surface area contributed by atoms with Crippen molar-refractivity contribution < 1.29 is 27.5 Å². The molecule has 4 aromatic rings. The second-order valence-corrected chi connectivity index (χ2v) is 8.69. The molecule has 3 heterocycles. The monoisotopic (exact) mass is 525 g/mol. The lowest BCUT2D eigenvalue weighted by Crippen LogP contribution is -2.32. The number of halogens is 3. The van der Waals surface area contributed by atoms with E-state index >= 15 is 0 Å². The molecule has 0 saturated carbocycles. The van der Waals surface area contributed by atoms with Crippen molar-refractivity contribution in [1.29, 1.82) is 0 Å². The Morgan fingerprint density at radius 1 is 1.13 bits per heavy atom. The third-order valence-corrected chi connectivity index (χ3v) is 6.02. The van der Waals surface area contributed by atoms with Crippen LogP contribution in [0.1, 0.15) is 28.6 Å². The number of nitrogens with zero attached hydrogens (tertiary/aromatic N) is 5. The van der Waals surface area contributed by atoms with E-state index in [1.54, 1.807) is 42.3 Å². The lowest BCUT2D eigenvalue weighted by Gasteiger charge is -2.25. The van der Waals surface area contributed by atoms with Crippen LogP contribution in [0.5, 0.6) is 0 Å². The van der Waals surface area contributed by atoms with Crippen LogP contribution in [0.3, 0.4) is 0 Å². The minimum atomic E-state index is -4.82. The van der Waals surface area contributed by atoms with E-state index in [2.05, 4.69) is 30.8 Å². The maximum absolute atomic E-state index is 13.1. The van der Waals surface area contributed by atoms with Crippen LogP contribution >= 0.6 is 0 Å². The van der Waals surface area contributed by atoms with E-state index in [4.69, 9.17) is 4.42 Å². The molecule has 0 aliphatic carbocycles. The molecule has 2 aromatic heterocycles. The molecule has 0 bridgehead atoms. The van der Waals surface area contributed by atoms with E-state index in [1.807, 2.05) is 18.2 Å². The van der Waals surface area contributed by atoms with Gasteiger partial charge in [0.15, 0.2) is 0 Å². The van der Waals surface area contributed by atoms with Crippen molar-refractivity contribution in [1.82, 2.24) is 25.1 Å². The third-order valence-electron chi connectivity index (χ3n) is 6.02. The molecule has 0 unspecified atom stereocenters. The summed E-state index contributed by atoms with van der Waals surface area (Å²) in [7, 11) is 1.73. The number of rotatable bonds is 7. The molecule has 10 nitrogen and oxygen atoms in total. The molecular weight excluding hydrogens is 503 g/mol. The minimum Gasteiger partial charge on any atom is -0.412 e. The highest BCUT2D eigenvalue weighted by Crippen LogP contribution is 2.34. The summed E-state index contributed by atoms with van der Waals surface area (Å²) in [6.45, 7) is 0.134. The van der Waals surface area contributed by atoms with Crippen LogP contribution in [-0.2, 0) is 23.9 Å². The Hall–Kier alpha value is -4.52. The summed E-state index contributed by atoms with van der Waals surface area (Å²) in [5.41, 5.74) is 3.32. The van der Waals surface area contributed by atoms with Gasteiger partial charge in [0.25, 0.3) is 5.89 Å². The molecule has 1 aliphatic heterocycles. The van der Waals surface area contributed by atoms with Gasteiger partial charge in [-0.3, -0.25) is 4.79 Å². The van der Waals surface area contributed by atoms with Crippen molar-refractivity contribution in [2.75, 3.05) is 24.3 Å². The van der Waals surface area contributed by atoms with Crippen LogP contribution in [0, 0.1) is 0 Å². The zero-order valence-electron chi connectivity index (χ0n) is 20.0. The average Bonchev–Trinajstić information content (AvgIpc) is 3.40.